The first-order valence-corrected chi connectivity index (χ1v) is 12.9. The van der Waals surface area contributed by atoms with Crippen LogP contribution in [0.5, 0.6) is 11.5 Å². The van der Waals surface area contributed by atoms with Gasteiger partial charge in [-0.05, 0) is 84.4 Å². The monoisotopic (exact) mass is 584 g/mol. The van der Waals surface area contributed by atoms with Crippen molar-refractivity contribution in [3.05, 3.63) is 93.1 Å². The van der Waals surface area contributed by atoms with Gasteiger partial charge in [0.2, 0.25) is 5.91 Å². The molecular weight excluding hydrogens is 563 g/mol. The van der Waals surface area contributed by atoms with Crippen LogP contribution in [0.3, 0.4) is 0 Å². The van der Waals surface area contributed by atoms with Gasteiger partial charge in [-0.1, -0.05) is 34.1 Å². The lowest BCUT2D eigenvalue weighted by atomic mass is 10.1. The molecule has 0 atom stereocenters. The molecule has 10 heteroatoms. The average Bonchev–Trinajstić information content (AvgIpc) is 3.13. The zero-order valence-electron chi connectivity index (χ0n) is 19.7. The molecule has 1 N–H and O–H groups in total. The largest absolute Gasteiger partial charge is 0.490 e. The summed E-state index contributed by atoms with van der Waals surface area (Å²) in [5, 5.41) is 2.15. The third-order valence-corrected chi connectivity index (χ3v) is 6.61. The first-order valence-electron chi connectivity index (χ1n) is 11.3. The molecular formula is C27H22BrFN2O5S. The quantitative estimate of drug-likeness (QED) is 0.300. The van der Waals surface area contributed by atoms with E-state index in [9.17, 15) is 18.8 Å². The van der Waals surface area contributed by atoms with Gasteiger partial charge in [-0.3, -0.25) is 19.3 Å². The smallest absolute Gasteiger partial charge is 0.294 e. The molecule has 1 aliphatic rings. The lowest BCUT2D eigenvalue weighted by Gasteiger charge is -2.13. The minimum atomic E-state index is -0.546. The van der Waals surface area contributed by atoms with E-state index in [0.717, 1.165) is 26.7 Å². The van der Waals surface area contributed by atoms with Gasteiger partial charge in [0, 0.05) is 10.2 Å². The predicted molar refractivity (Wildman–Crippen MR) is 144 cm³/mol. The van der Waals surface area contributed by atoms with E-state index < -0.39 is 23.6 Å². The van der Waals surface area contributed by atoms with Gasteiger partial charge in [0.15, 0.2) is 11.5 Å². The van der Waals surface area contributed by atoms with E-state index in [1.165, 1.54) is 12.1 Å². The fourth-order valence-corrected chi connectivity index (χ4v) is 4.51. The van der Waals surface area contributed by atoms with Crippen molar-refractivity contribution in [1.82, 2.24) is 4.90 Å². The molecule has 0 spiro atoms. The molecule has 190 valence electrons. The molecule has 7 nitrogen and oxygen atoms in total. The highest BCUT2D eigenvalue weighted by atomic mass is 79.9. The van der Waals surface area contributed by atoms with Crippen LogP contribution >= 0.6 is 27.7 Å². The number of carbonyl (C=O) groups is 3. The number of carbonyl (C=O) groups excluding carboxylic acids is 3. The summed E-state index contributed by atoms with van der Waals surface area (Å²) in [6.45, 7) is 2.06. The van der Waals surface area contributed by atoms with Gasteiger partial charge in [-0.2, -0.15) is 0 Å². The highest BCUT2D eigenvalue weighted by Gasteiger charge is 2.36. The van der Waals surface area contributed by atoms with Gasteiger partial charge in [-0.25, -0.2) is 4.39 Å². The summed E-state index contributed by atoms with van der Waals surface area (Å²) >= 11 is 4.09. The van der Waals surface area contributed by atoms with Crippen LogP contribution in [0.4, 0.5) is 14.9 Å². The van der Waals surface area contributed by atoms with Gasteiger partial charge in [0.1, 0.15) is 19.0 Å². The maximum atomic E-state index is 13.1. The molecule has 1 saturated heterocycles. The molecule has 3 aromatic carbocycles. The van der Waals surface area contributed by atoms with Crippen LogP contribution in [0.1, 0.15) is 18.1 Å². The van der Waals surface area contributed by atoms with Crippen LogP contribution in [0.15, 0.2) is 76.1 Å². The number of anilines is 1. The molecule has 0 bridgehead atoms. The molecule has 0 unspecified atom stereocenters. The lowest BCUT2D eigenvalue weighted by molar-refractivity contribution is -0.127. The Balaban J connectivity index is 1.44. The van der Waals surface area contributed by atoms with Gasteiger partial charge in [-0.15, -0.1) is 0 Å². The van der Waals surface area contributed by atoms with E-state index in [1.54, 1.807) is 60.7 Å². The third-order valence-electron chi connectivity index (χ3n) is 5.18. The molecule has 0 radical (unpaired) electrons. The molecule has 1 aliphatic heterocycles. The molecule has 3 amide bonds. The minimum Gasteiger partial charge on any atom is -0.490 e. The van der Waals surface area contributed by atoms with E-state index in [0.29, 0.717) is 29.4 Å². The zero-order chi connectivity index (χ0) is 26.4. The standard InChI is InChI=1S/C27H22BrFN2O5S/c1-2-35-23-13-18(5-12-22(23)36-16-17-3-8-20(29)9-4-17)14-24-26(33)31(27(34)37-24)15-25(32)30-21-10-6-19(28)7-11-21/h3-14H,2,15-16H2,1H3,(H,30,32)/b24-14-. The highest BCUT2D eigenvalue weighted by Crippen LogP contribution is 2.35. The predicted octanol–water partition coefficient (Wildman–Crippen LogP) is 6.24. The molecule has 3 aromatic rings. The number of thioether (sulfide) groups is 1. The molecule has 37 heavy (non-hydrogen) atoms. The van der Waals surface area contributed by atoms with Gasteiger partial charge in [0.25, 0.3) is 11.1 Å². The lowest BCUT2D eigenvalue weighted by Crippen LogP contribution is -2.36. The number of rotatable bonds is 9. The number of hydrogen-bond acceptors (Lipinski definition) is 6. The Kier molecular flexibility index (Phi) is 8.62. The zero-order valence-corrected chi connectivity index (χ0v) is 22.1. The van der Waals surface area contributed by atoms with Crippen molar-refractivity contribution in [3.63, 3.8) is 0 Å². The van der Waals surface area contributed by atoms with Crippen molar-refractivity contribution in [2.24, 2.45) is 0 Å². The van der Waals surface area contributed by atoms with Crippen LogP contribution in [0.2, 0.25) is 0 Å². The summed E-state index contributed by atoms with van der Waals surface area (Å²) in [7, 11) is 0. The second kappa shape index (κ2) is 12.1. The Morgan fingerprint density at radius 2 is 1.76 bits per heavy atom. The number of hydrogen-bond donors (Lipinski definition) is 1. The maximum absolute atomic E-state index is 13.1. The SMILES string of the molecule is CCOc1cc(/C=C2\SC(=O)N(CC(=O)Nc3ccc(Br)cc3)C2=O)ccc1OCc1ccc(F)cc1. The normalized spacial score (nSPS) is 14.2. The van der Waals surface area contributed by atoms with E-state index in [1.807, 2.05) is 6.92 Å². The van der Waals surface area contributed by atoms with Crippen molar-refractivity contribution in [2.45, 2.75) is 13.5 Å². The first-order chi connectivity index (χ1) is 17.8. The van der Waals surface area contributed by atoms with Crippen LogP contribution in [0.25, 0.3) is 6.08 Å². The Labute approximate surface area is 225 Å². The molecule has 1 fully saturated rings. The number of halogens is 2. The number of ether oxygens (including phenoxy) is 2. The average molecular weight is 585 g/mol. The second-order valence-corrected chi connectivity index (χ2v) is 9.79. The van der Waals surface area contributed by atoms with Crippen molar-refractivity contribution in [3.8, 4) is 11.5 Å². The van der Waals surface area contributed by atoms with Crippen LogP contribution in [-0.4, -0.2) is 35.1 Å². The summed E-state index contributed by atoms with van der Waals surface area (Å²) in [5.41, 5.74) is 1.98. The van der Waals surface area contributed by atoms with E-state index in [2.05, 4.69) is 21.2 Å². The Morgan fingerprint density at radius 3 is 2.46 bits per heavy atom. The maximum Gasteiger partial charge on any atom is 0.294 e. The number of nitrogens with one attached hydrogen (secondary N) is 1. The highest BCUT2D eigenvalue weighted by molar-refractivity contribution is 9.10. The van der Waals surface area contributed by atoms with Crippen molar-refractivity contribution < 1.29 is 28.2 Å². The van der Waals surface area contributed by atoms with Crippen molar-refractivity contribution in [2.75, 3.05) is 18.5 Å². The van der Waals surface area contributed by atoms with Crippen LogP contribution in [0, 0.1) is 5.82 Å². The van der Waals surface area contributed by atoms with Crippen LogP contribution in [-0.2, 0) is 16.2 Å². The van der Waals surface area contributed by atoms with E-state index in [4.69, 9.17) is 9.47 Å². The molecule has 0 aromatic heterocycles. The summed E-state index contributed by atoms with van der Waals surface area (Å²) < 4.78 is 25.5. The topological polar surface area (TPSA) is 84.9 Å². The number of benzene rings is 3. The number of nitrogens with zero attached hydrogens (tertiary/aromatic N) is 1. The third kappa shape index (κ3) is 6.99. The van der Waals surface area contributed by atoms with Crippen LogP contribution < -0.4 is 14.8 Å². The molecule has 0 saturated carbocycles. The summed E-state index contributed by atoms with van der Waals surface area (Å²) in [5.74, 6) is -0.395. The van der Waals surface area contributed by atoms with E-state index >= 15 is 0 Å². The van der Waals surface area contributed by atoms with Crippen molar-refractivity contribution >= 4 is 56.5 Å². The van der Waals surface area contributed by atoms with Gasteiger partial charge >= 0.3 is 0 Å². The first kappa shape index (κ1) is 26.4. The molecule has 1 heterocycles. The molecule has 0 aliphatic carbocycles. The Morgan fingerprint density at radius 1 is 1.03 bits per heavy atom. The summed E-state index contributed by atoms with van der Waals surface area (Å²) in [6, 6.07) is 18.1. The van der Waals surface area contributed by atoms with Crippen molar-refractivity contribution in [1.29, 1.82) is 0 Å². The number of imide groups is 1. The summed E-state index contributed by atoms with van der Waals surface area (Å²) in [6.07, 6.45) is 1.57. The Hall–Kier alpha value is -3.63. The minimum absolute atomic E-state index is 0.198. The van der Waals surface area contributed by atoms with E-state index in [-0.39, 0.29) is 17.3 Å². The van der Waals surface area contributed by atoms with Gasteiger partial charge < -0.3 is 14.8 Å². The summed E-state index contributed by atoms with van der Waals surface area (Å²) in [4.78, 5) is 38.8. The fraction of sp³-hybridized carbons (Fsp3) is 0.148. The second-order valence-electron chi connectivity index (χ2n) is 7.88. The fourth-order valence-electron chi connectivity index (χ4n) is 3.41. The van der Waals surface area contributed by atoms with Gasteiger partial charge in [0.05, 0.1) is 11.5 Å². The Bertz CT molecular complexity index is 1350. The number of amides is 3. The molecule has 4 rings (SSSR count).